The SMILES string of the molecule is Cc1cncc(-c2cccc3c(C(=O)N4CC[C@@H](O)[C@@]5(CCCNC5=O)C4)cccc23)c1. The lowest BCUT2D eigenvalue weighted by Crippen LogP contribution is -2.62. The topological polar surface area (TPSA) is 82.5 Å². The first-order valence-electron chi connectivity index (χ1n) is 11.2. The van der Waals surface area contributed by atoms with E-state index in [9.17, 15) is 14.7 Å². The van der Waals surface area contributed by atoms with E-state index in [1.165, 1.54) is 0 Å². The lowest BCUT2D eigenvalue weighted by Gasteiger charge is -2.46. The number of piperidine rings is 2. The van der Waals surface area contributed by atoms with Crippen molar-refractivity contribution in [3.8, 4) is 11.1 Å². The number of hydrogen-bond donors (Lipinski definition) is 2. The Hall–Kier alpha value is -3.25. The molecule has 2 atom stereocenters. The van der Waals surface area contributed by atoms with Crippen LogP contribution < -0.4 is 5.32 Å². The zero-order chi connectivity index (χ0) is 22.3. The highest BCUT2D eigenvalue weighted by molar-refractivity contribution is 6.10. The second kappa shape index (κ2) is 8.02. The fourth-order valence-electron chi connectivity index (χ4n) is 5.24. The van der Waals surface area contributed by atoms with E-state index in [1.807, 2.05) is 55.7 Å². The largest absolute Gasteiger partial charge is 0.392 e. The Morgan fingerprint density at radius 2 is 2.00 bits per heavy atom. The summed E-state index contributed by atoms with van der Waals surface area (Å²) in [6.07, 6.45) is 4.76. The summed E-state index contributed by atoms with van der Waals surface area (Å²) in [7, 11) is 0. The molecule has 6 heteroatoms. The molecule has 2 N–H and O–H groups in total. The van der Waals surface area contributed by atoms with Crippen LogP contribution in [0.25, 0.3) is 21.9 Å². The average molecular weight is 430 g/mol. The molecule has 5 rings (SSSR count). The molecular formula is C26H27N3O3. The third kappa shape index (κ3) is 3.35. The number of nitrogens with one attached hydrogen (secondary N) is 1. The van der Waals surface area contributed by atoms with Gasteiger partial charge in [-0.1, -0.05) is 30.3 Å². The number of benzene rings is 2. The van der Waals surface area contributed by atoms with Crippen LogP contribution in [0.2, 0.25) is 0 Å². The van der Waals surface area contributed by atoms with Gasteiger partial charge < -0.3 is 15.3 Å². The van der Waals surface area contributed by atoms with Crippen molar-refractivity contribution in [1.29, 1.82) is 0 Å². The molecule has 32 heavy (non-hydrogen) atoms. The van der Waals surface area contributed by atoms with Gasteiger partial charge in [-0.25, -0.2) is 0 Å². The Morgan fingerprint density at radius 3 is 2.81 bits per heavy atom. The second-order valence-electron chi connectivity index (χ2n) is 9.00. The van der Waals surface area contributed by atoms with E-state index in [4.69, 9.17) is 0 Å². The molecule has 0 unspecified atom stereocenters. The van der Waals surface area contributed by atoms with Gasteiger partial charge in [0, 0.05) is 43.2 Å². The maximum Gasteiger partial charge on any atom is 0.254 e. The molecule has 2 amide bonds. The van der Waals surface area contributed by atoms with Crippen LogP contribution in [0.1, 0.15) is 35.2 Å². The van der Waals surface area contributed by atoms with Gasteiger partial charge in [-0.05, 0) is 60.2 Å². The van der Waals surface area contributed by atoms with Crippen molar-refractivity contribution in [1.82, 2.24) is 15.2 Å². The predicted octanol–water partition coefficient (Wildman–Crippen LogP) is 3.31. The molecule has 3 heterocycles. The minimum Gasteiger partial charge on any atom is -0.392 e. The lowest BCUT2D eigenvalue weighted by molar-refractivity contribution is -0.147. The third-order valence-electron chi connectivity index (χ3n) is 6.95. The zero-order valence-electron chi connectivity index (χ0n) is 18.2. The Morgan fingerprint density at radius 1 is 1.19 bits per heavy atom. The number of nitrogens with zero attached hydrogens (tertiary/aromatic N) is 2. The van der Waals surface area contributed by atoms with Gasteiger partial charge in [0.25, 0.3) is 5.91 Å². The molecule has 164 valence electrons. The van der Waals surface area contributed by atoms with E-state index < -0.39 is 11.5 Å². The number of likely N-dealkylation sites (tertiary alicyclic amines) is 1. The van der Waals surface area contributed by atoms with E-state index in [0.29, 0.717) is 31.5 Å². The van der Waals surface area contributed by atoms with E-state index in [2.05, 4.69) is 16.4 Å². The van der Waals surface area contributed by atoms with E-state index >= 15 is 0 Å². The van der Waals surface area contributed by atoms with Gasteiger partial charge in [-0.3, -0.25) is 14.6 Å². The molecule has 3 aromatic rings. The maximum absolute atomic E-state index is 13.7. The summed E-state index contributed by atoms with van der Waals surface area (Å²) in [5.74, 6) is -0.235. The molecule has 2 saturated heterocycles. The monoisotopic (exact) mass is 429 g/mol. The molecule has 2 aliphatic heterocycles. The van der Waals surface area contributed by atoms with Crippen LogP contribution in [0.15, 0.2) is 54.9 Å². The molecule has 0 saturated carbocycles. The third-order valence-corrected chi connectivity index (χ3v) is 6.95. The minimum absolute atomic E-state index is 0.0974. The quantitative estimate of drug-likeness (QED) is 0.655. The van der Waals surface area contributed by atoms with Crippen LogP contribution in [-0.4, -0.2) is 52.5 Å². The molecule has 2 aromatic carbocycles. The molecule has 6 nitrogen and oxygen atoms in total. The summed E-state index contributed by atoms with van der Waals surface area (Å²) >= 11 is 0. The first-order chi connectivity index (χ1) is 15.5. The van der Waals surface area contributed by atoms with E-state index in [1.54, 1.807) is 4.90 Å². The Labute approximate surface area is 187 Å². The molecule has 2 fully saturated rings. The van der Waals surface area contributed by atoms with Gasteiger partial charge in [0.15, 0.2) is 0 Å². The normalized spacial score (nSPS) is 23.4. The van der Waals surface area contributed by atoms with Crippen LogP contribution in [0.4, 0.5) is 0 Å². The minimum atomic E-state index is -0.908. The van der Waals surface area contributed by atoms with Crippen LogP contribution >= 0.6 is 0 Å². The number of fused-ring (bicyclic) bond motifs is 1. The lowest BCUT2D eigenvalue weighted by atomic mass is 9.71. The molecule has 0 radical (unpaired) electrons. The van der Waals surface area contributed by atoms with Crippen LogP contribution in [0.3, 0.4) is 0 Å². The summed E-state index contributed by atoms with van der Waals surface area (Å²) in [5.41, 5.74) is 2.84. The van der Waals surface area contributed by atoms with Crippen LogP contribution in [0, 0.1) is 12.3 Å². The second-order valence-corrected chi connectivity index (χ2v) is 9.00. The van der Waals surface area contributed by atoms with Crippen molar-refractivity contribution in [2.45, 2.75) is 32.3 Å². The molecule has 1 spiro atoms. The van der Waals surface area contributed by atoms with Crippen molar-refractivity contribution in [2.75, 3.05) is 19.6 Å². The first kappa shape index (κ1) is 20.6. The van der Waals surface area contributed by atoms with Gasteiger partial charge in [0.2, 0.25) is 5.91 Å². The number of aliphatic hydroxyl groups is 1. The number of aromatic nitrogens is 1. The molecular weight excluding hydrogens is 402 g/mol. The first-order valence-corrected chi connectivity index (χ1v) is 11.2. The van der Waals surface area contributed by atoms with E-state index in [-0.39, 0.29) is 18.4 Å². The number of carbonyl (C=O) groups is 2. The number of amides is 2. The summed E-state index contributed by atoms with van der Waals surface area (Å²) in [6.45, 7) is 3.32. The summed E-state index contributed by atoms with van der Waals surface area (Å²) in [4.78, 5) is 32.4. The molecule has 1 aromatic heterocycles. The number of hydrogen-bond acceptors (Lipinski definition) is 4. The fraction of sp³-hybridized carbons (Fsp3) is 0.346. The highest BCUT2D eigenvalue weighted by atomic mass is 16.3. The van der Waals surface area contributed by atoms with Gasteiger partial charge in [-0.2, -0.15) is 0 Å². The van der Waals surface area contributed by atoms with Crippen molar-refractivity contribution in [3.05, 3.63) is 66.0 Å². The number of pyridine rings is 1. The predicted molar refractivity (Wildman–Crippen MR) is 123 cm³/mol. The van der Waals surface area contributed by atoms with Crippen LogP contribution in [0.5, 0.6) is 0 Å². The Bertz CT molecular complexity index is 1210. The van der Waals surface area contributed by atoms with Gasteiger partial charge in [-0.15, -0.1) is 0 Å². The van der Waals surface area contributed by atoms with Crippen LogP contribution in [-0.2, 0) is 4.79 Å². The highest BCUT2D eigenvalue weighted by Crippen LogP contribution is 2.38. The number of carbonyl (C=O) groups excluding carboxylic acids is 2. The summed E-state index contributed by atoms with van der Waals surface area (Å²) in [6, 6.07) is 13.9. The maximum atomic E-state index is 13.7. The number of rotatable bonds is 2. The van der Waals surface area contributed by atoms with Gasteiger partial charge in [0.05, 0.1) is 11.5 Å². The Kier molecular flexibility index (Phi) is 5.18. The molecule has 0 aliphatic carbocycles. The van der Waals surface area contributed by atoms with Crippen molar-refractivity contribution in [2.24, 2.45) is 5.41 Å². The van der Waals surface area contributed by atoms with Crippen molar-refractivity contribution in [3.63, 3.8) is 0 Å². The fourth-order valence-corrected chi connectivity index (χ4v) is 5.24. The highest BCUT2D eigenvalue weighted by Gasteiger charge is 2.50. The smallest absolute Gasteiger partial charge is 0.254 e. The standard InChI is InChI=1S/C26H27N3O3/c1-17-13-18(15-27-14-17)19-5-2-7-21-20(19)6-3-8-22(21)24(31)29-12-9-23(30)26(16-29)10-4-11-28-25(26)32/h2-3,5-8,13-15,23,30H,4,9-12,16H2,1H3,(H,28,32)/t23-,26-/m1/s1. The average Bonchev–Trinajstić information content (AvgIpc) is 2.81. The molecule has 0 bridgehead atoms. The number of aliphatic hydroxyl groups excluding tert-OH is 1. The Balaban J connectivity index is 1.53. The summed E-state index contributed by atoms with van der Waals surface area (Å²) < 4.78 is 0. The number of aryl methyl sites for hydroxylation is 1. The van der Waals surface area contributed by atoms with Crippen molar-refractivity contribution >= 4 is 22.6 Å². The summed E-state index contributed by atoms with van der Waals surface area (Å²) in [5, 5.41) is 15.4. The van der Waals surface area contributed by atoms with Gasteiger partial charge in [0.1, 0.15) is 0 Å². The van der Waals surface area contributed by atoms with Gasteiger partial charge >= 0.3 is 0 Å². The van der Waals surface area contributed by atoms with E-state index in [0.717, 1.165) is 33.9 Å². The molecule has 2 aliphatic rings. The zero-order valence-corrected chi connectivity index (χ0v) is 18.2. The van der Waals surface area contributed by atoms with Crippen molar-refractivity contribution < 1.29 is 14.7 Å².